The molecule has 330 valence electrons. The van der Waals surface area contributed by atoms with Gasteiger partial charge in [0.15, 0.2) is 0 Å². The molecule has 4 bridgehead atoms. The van der Waals surface area contributed by atoms with Crippen LogP contribution in [0.1, 0.15) is 73.1 Å². The van der Waals surface area contributed by atoms with Crippen molar-refractivity contribution in [2.75, 3.05) is 33.0 Å². The maximum Gasteiger partial charge on any atom is 0.497 e. The van der Waals surface area contributed by atoms with Gasteiger partial charge in [0.05, 0.1) is 25.0 Å². The fraction of sp³-hybridized carbons (Fsp3) is 0.886. The number of alkyl halides is 10. The second kappa shape index (κ2) is 16.4. The summed E-state index contributed by atoms with van der Waals surface area (Å²) in [5.41, 5.74) is -5.75. The maximum atomic E-state index is 14.2. The van der Waals surface area contributed by atoms with Crippen molar-refractivity contribution < 1.29 is 95.9 Å². The predicted octanol–water partition coefficient (Wildman–Crippen LogP) is 6.72. The molecule has 0 aromatic heterocycles. The van der Waals surface area contributed by atoms with Crippen molar-refractivity contribution >= 4 is 20.7 Å². The lowest BCUT2D eigenvalue weighted by molar-refractivity contribution is -0.409. The standard InChI is InChI=1S/C14H17F5O4.C14H15F5O4.C7H18O3Si/c2*1-11(6-22-13(21,12(11,15)16)14(17,18)19)23-10(20)9-5-7-2-3-8(9)4-7;1-5-8-11(4,9-6-2)10-7-3/h7-9,21H,2-6H2,1H3;2-3,7-9,21H,4-6H2,1H3;5-7H2,1-4H3. The van der Waals surface area contributed by atoms with Crippen molar-refractivity contribution in [1.82, 2.24) is 0 Å². The molecular formula is C35H50F10O11Si. The van der Waals surface area contributed by atoms with E-state index in [1.54, 1.807) is 6.08 Å². The van der Waals surface area contributed by atoms with E-state index in [-0.39, 0.29) is 17.8 Å². The van der Waals surface area contributed by atoms with Crippen LogP contribution in [0.4, 0.5) is 43.9 Å². The van der Waals surface area contributed by atoms with Crippen LogP contribution < -0.4 is 0 Å². The zero-order valence-corrected chi connectivity index (χ0v) is 33.2. The van der Waals surface area contributed by atoms with E-state index >= 15 is 0 Å². The Morgan fingerprint density at radius 2 is 1.14 bits per heavy atom. The molecular weight excluding hydrogens is 814 g/mol. The molecule has 11 nitrogen and oxygen atoms in total. The van der Waals surface area contributed by atoms with Crippen LogP contribution in [0.15, 0.2) is 12.2 Å². The molecule has 57 heavy (non-hydrogen) atoms. The van der Waals surface area contributed by atoms with E-state index in [1.807, 2.05) is 33.4 Å². The molecule has 2 N–H and O–H groups in total. The van der Waals surface area contributed by atoms with Crippen molar-refractivity contribution in [2.24, 2.45) is 35.5 Å². The lowest BCUT2D eigenvalue weighted by Crippen LogP contribution is -2.63. The summed E-state index contributed by atoms with van der Waals surface area (Å²) >= 11 is 0. The molecule has 0 aromatic rings. The van der Waals surface area contributed by atoms with Crippen molar-refractivity contribution in [3.8, 4) is 0 Å². The van der Waals surface area contributed by atoms with Gasteiger partial charge in [0.25, 0.3) is 0 Å². The summed E-state index contributed by atoms with van der Waals surface area (Å²) in [6.45, 7) is 8.54. The molecule has 0 amide bonds. The maximum absolute atomic E-state index is 14.2. The van der Waals surface area contributed by atoms with Gasteiger partial charge in [-0.2, -0.15) is 43.9 Å². The van der Waals surface area contributed by atoms with E-state index in [0.29, 0.717) is 58.8 Å². The fourth-order valence-electron chi connectivity index (χ4n) is 8.36. The Morgan fingerprint density at radius 1 is 0.702 bits per heavy atom. The lowest BCUT2D eigenvalue weighted by Gasteiger charge is -2.36. The number of aliphatic hydroxyl groups is 2. The minimum atomic E-state index is -5.73. The largest absolute Gasteiger partial charge is 0.497 e. The molecule has 2 aliphatic heterocycles. The zero-order chi connectivity index (χ0) is 43.3. The fourth-order valence-corrected chi connectivity index (χ4v) is 10.2. The molecule has 6 rings (SSSR count). The second-order valence-corrected chi connectivity index (χ2v) is 18.2. The Hall–Kier alpha value is -2.08. The third-order valence-corrected chi connectivity index (χ3v) is 14.0. The van der Waals surface area contributed by atoms with Crippen LogP contribution in [0.3, 0.4) is 0 Å². The number of fused-ring (bicyclic) bond motifs is 4. The first-order valence-electron chi connectivity index (χ1n) is 18.7. The minimum absolute atomic E-state index is 0.0357. The minimum Gasteiger partial charge on any atom is -0.450 e. The van der Waals surface area contributed by atoms with Gasteiger partial charge in [-0.15, -0.1) is 0 Å². The molecule has 10 atom stereocenters. The Balaban J connectivity index is 0.000000203. The highest BCUT2D eigenvalue weighted by atomic mass is 28.4. The number of esters is 2. The van der Waals surface area contributed by atoms with E-state index in [1.165, 1.54) is 0 Å². The van der Waals surface area contributed by atoms with Crippen molar-refractivity contribution in [2.45, 2.75) is 127 Å². The second-order valence-electron chi connectivity index (χ2n) is 15.6. The summed E-state index contributed by atoms with van der Waals surface area (Å²) in [6, 6.07) is 0. The molecule has 6 aliphatic rings. The summed E-state index contributed by atoms with van der Waals surface area (Å²) in [4.78, 5) is 24.3. The van der Waals surface area contributed by atoms with Crippen LogP contribution in [-0.2, 0) is 41.8 Å². The van der Waals surface area contributed by atoms with Gasteiger partial charge in [-0.25, -0.2) is 0 Å². The normalized spacial score (nSPS) is 38.7. The number of halogens is 10. The topological polar surface area (TPSA) is 139 Å². The first-order chi connectivity index (χ1) is 26.0. The summed E-state index contributed by atoms with van der Waals surface area (Å²) in [6.07, 6.45) is -3.51. The van der Waals surface area contributed by atoms with E-state index in [0.717, 1.165) is 19.3 Å². The van der Waals surface area contributed by atoms with Gasteiger partial charge in [-0.05, 0) is 90.4 Å². The third kappa shape index (κ3) is 8.61. The zero-order valence-electron chi connectivity index (χ0n) is 32.2. The Labute approximate surface area is 324 Å². The summed E-state index contributed by atoms with van der Waals surface area (Å²) in [5, 5.41) is 18.6. The molecule has 2 heterocycles. The molecule has 0 spiro atoms. The number of rotatable bonds is 10. The number of hydrogen-bond acceptors (Lipinski definition) is 11. The Kier molecular flexibility index (Phi) is 13.7. The first-order valence-corrected chi connectivity index (χ1v) is 20.9. The monoisotopic (exact) mass is 864 g/mol. The van der Waals surface area contributed by atoms with Crippen LogP contribution in [0.25, 0.3) is 0 Å². The van der Waals surface area contributed by atoms with Gasteiger partial charge in [-0.1, -0.05) is 18.6 Å². The van der Waals surface area contributed by atoms with Gasteiger partial charge >= 0.3 is 56.5 Å². The molecule has 10 unspecified atom stereocenters. The molecule has 5 fully saturated rings. The molecule has 3 saturated carbocycles. The van der Waals surface area contributed by atoms with E-state index in [4.69, 9.17) is 22.8 Å². The number of allylic oxidation sites excluding steroid dienone is 2. The summed E-state index contributed by atoms with van der Waals surface area (Å²) < 4.78 is 167. The first kappa shape index (κ1) is 47.6. The van der Waals surface area contributed by atoms with Gasteiger partial charge in [0, 0.05) is 26.4 Å². The quantitative estimate of drug-likeness (QED) is 0.105. The van der Waals surface area contributed by atoms with Crippen LogP contribution in [0.2, 0.25) is 6.55 Å². The SMILES string of the molecule is CC1(OC(=O)C2CC3C=CC2C3)COC(O)(C(F)(F)F)C1(F)F.CC1(OC(=O)C2CC3CCC2C3)COC(O)(C(F)(F)F)C1(F)F.CCO[Si](C)(OCC)OCC. The molecule has 0 radical (unpaired) electrons. The van der Waals surface area contributed by atoms with Crippen molar-refractivity contribution in [1.29, 1.82) is 0 Å². The van der Waals surface area contributed by atoms with E-state index in [2.05, 4.69) is 9.47 Å². The third-order valence-electron chi connectivity index (χ3n) is 11.6. The number of hydrogen-bond donors (Lipinski definition) is 2. The Morgan fingerprint density at radius 3 is 1.44 bits per heavy atom. The predicted molar refractivity (Wildman–Crippen MR) is 177 cm³/mol. The molecule has 2 saturated heterocycles. The average molecular weight is 865 g/mol. The molecule has 4 aliphatic carbocycles. The average Bonchev–Trinajstić information content (AvgIpc) is 3.95. The number of carbonyl (C=O) groups is 2. The van der Waals surface area contributed by atoms with Crippen LogP contribution in [-0.4, -0.2) is 111 Å². The van der Waals surface area contributed by atoms with Crippen molar-refractivity contribution in [3.63, 3.8) is 0 Å². The van der Waals surface area contributed by atoms with Crippen LogP contribution in [0.5, 0.6) is 0 Å². The van der Waals surface area contributed by atoms with Gasteiger partial charge in [0.1, 0.15) is 0 Å². The van der Waals surface area contributed by atoms with Gasteiger partial charge < -0.3 is 42.4 Å². The lowest BCUT2D eigenvalue weighted by atomic mass is 9.88. The highest BCUT2D eigenvalue weighted by molar-refractivity contribution is 6.59. The summed E-state index contributed by atoms with van der Waals surface area (Å²) in [7, 11) is -2.25. The summed E-state index contributed by atoms with van der Waals surface area (Å²) in [5.74, 6) is -21.7. The molecule has 0 aromatic carbocycles. The van der Waals surface area contributed by atoms with Gasteiger partial charge in [-0.3, -0.25) is 9.59 Å². The highest BCUT2D eigenvalue weighted by Crippen LogP contribution is 2.57. The number of ether oxygens (including phenoxy) is 4. The molecule has 22 heteroatoms. The van der Waals surface area contributed by atoms with Gasteiger partial charge in [0.2, 0.25) is 11.2 Å². The van der Waals surface area contributed by atoms with E-state index in [9.17, 15) is 63.7 Å². The smallest absolute Gasteiger partial charge is 0.450 e. The van der Waals surface area contributed by atoms with Crippen LogP contribution in [0, 0.1) is 35.5 Å². The van der Waals surface area contributed by atoms with Crippen LogP contribution >= 0.6 is 0 Å². The van der Waals surface area contributed by atoms with Crippen molar-refractivity contribution in [3.05, 3.63) is 12.2 Å². The Bertz CT molecular complexity index is 1470. The van der Waals surface area contributed by atoms with E-state index < -0.39 is 92.8 Å². The number of carbonyl (C=O) groups excluding carboxylic acids is 2. The highest BCUT2D eigenvalue weighted by Gasteiger charge is 2.84.